The van der Waals surface area contributed by atoms with Crippen molar-refractivity contribution in [2.24, 2.45) is 11.8 Å². The van der Waals surface area contributed by atoms with Crippen molar-refractivity contribution in [1.82, 2.24) is 4.90 Å². The number of nitrogens with one attached hydrogen (secondary N) is 1. The van der Waals surface area contributed by atoms with Crippen LogP contribution in [0.1, 0.15) is 31.7 Å². The summed E-state index contributed by atoms with van der Waals surface area (Å²) >= 11 is 0. The highest BCUT2D eigenvalue weighted by Crippen LogP contribution is 2.62. The van der Waals surface area contributed by atoms with Crippen LogP contribution < -0.4 is 10.1 Å². The number of anilines is 1. The van der Waals surface area contributed by atoms with E-state index in [9.17, 15) is 9.90 Å². The molecule has 186 valence electrons. The molecule has 3 fully saturated rings. The van der Waals surface area contributed by atoms with E-state index in [-0.39, 0.29) is 29.6 Å². The summed E-state index contributed by atoms with van der Waals surface area (Å²) in [6.45, 7) is 4.72. The summed E-state index contributed by atoms with van der Waals surface area (Å²) < 4.78 is 29.4. The van der Waals surface area contributed by atoms with Gasteiger partial charge in [-0.25, -0.2) is 4.79 Å². The molecule has 5 rings (SSSR count). The second kappa shape index (κ2) is 8.62. The minimum Gasteiger partial charge on any atom is -0.508 e. The minimum atomic E-state index is -0.877. The fourth-order valence-electron chi connectivity index (χ4n) is 6.78. The van der Waals surface area contributed by atoms with E-state index in [4.69, 9.17) is 23.7 Å². The molecule has 0 bridgehead atoms. The number of aromatic hydroxyl groups is 1. The Balaban J connectivity index is 1.61. The van der Waals surface area contributed by atoms with Crippen LogP contribution in [0.5, 0.6) is 11.5 Å². The van der Waals surface area contributed by atoms with Crippen LogP contribution >= 0.6 is 0 Å². The Hall–Kier alpha value is -2.49. The van der Waals surface area contributed by atoms with Gasteiger partial charge in [-0.3, -0.25) is 4.90 Å². The van der Waals surface area contributed by atoms with Crippen LogP contribution in [0.4, 0.5) is 5.69 Å². The van der Waals surface area contributed by atoms with E-state index < -0.39 is 11.3 Å². The number of ether oxygens (including phenoxy) is 5. The molecule has 1 aromatic rings. The number of piperidine rings is 2. The first kappa shape index (κ1) is 23.3. The minimum absolute atomic E-state index is 0.0600. The van der Waals surface area contributed by atoms with Gasteiger partial charge in [-0.15, -0.1) is 0 Å². The van der Waals surface area contributed by atoms with E-state index in [2.05, 4.69) is 17.1 Å². The number of phenolic OH excluding ortho intramolecular Hbond substituents is 1. The first-order valence-corrected chi connectivity index (χ1v) is 12.0. The van der Waals surface area contributed by atoms with Crippen molar-refractivity contribution in [2.75, 3.05) is 52.9 Å². The summed E-state index contributed by atoms with van der Waals surface area (Å²) in [5.74, 6) is 0.541. The maximum absolute atomic E-state index is 12.7. The Bertz CT molecular complexity index is 998. The number of esters is 1. The van der Waals surface area contributed by atoms with Crippen LogP contribution in [0.2, 0.25) is 0 Å². The normalized spacial score (nSPS) is 34.7. The van der Waals surface area contributed by atoms with E-state index in [0.717, 1.165) is 37.2 Å². The molecule has 3 saturated heterocycles. The third-order valence-electron chi connectivity index (χ3n) is 8.16. The van der Waals surface area contributed by atoms with Gasteiger partial charge in [0.2, 0.25) is 0 Å². The molecule has 34 heavy (non-hydrogen) atoms. The predicted octanol–water partition coefficient (Wildman–Crippen LogP) is 2.59. The fraction of sp³-hybridized carbons (Fsp3) is 0.640. The van der Waals surface area contributed by atoms with Crippen LogP contribution in [0.3, 0.4) is 0 Å². The van der Waals surface area contributed by atoms with E-state index in [1.54, 1.807) is 26.4 Å². The standard InChI is InChI=1S/C25H34N2O7/c1-5-15-13-27-7-6-24-22-19(10-16(28)11-20(22)31-3)26-25(24,34-9-8-33-24)21(27)12-17(15)18(14-30-2)23(29)32-4/h10-11,14-15,17,21,26,28H,5-9,12-13H2,1-4H3/b18-14+/t15-,17+,21+,24+,25+/m1/s1. The van der Waals surface area contributed by atoms with Gasteiger partial charge in [0.1, 0.15) is 17.1 Å². The lowest BCUT2D eigenvalue weighted by molar-refractivity contribution is -0.297. The van der Waals surface area contributed by atoms with Crippen molar-refractivity contribution in [3.63, 3.8) is 0 Å². The number of hydrogen-bond acceptors (Lipinski definition) is 9. The molecule has 0 saturated carbocycles. The summed E-state index contributed by atoms with van der Waals surface area (Å²) in [5.41, 5.74) is 0.558. The van der Waals surface area contributed by atoms with E-state index in [1.807, 2.05) is 0 Å². The molecule has 4 heterocycles. The van der Waals surface area contributed by atoms with Crippen LogP contribution in [0.15, 0.2) is 24.0 Å². The third-order valence-corrected chi connectivity index (χ3v) is 8.16. The molecular formula is C25H34N2O7. The fourth-order valence-corrected chi connectivity index (χ4v) is 6.78. The van der Waals surface area contributed by atoms with Crippen molar-refractivity contribution in [3.8, 4) is 11.5 Å². The van der Waals surface area contributed by atoms with Gasteiger partial charge >= 0.3 is 5.97 Å². The number of carbonyl (C=O) groups excluding carboxylic acids is 1. The second-order valence-corrected chi connectivity index (χ2v) is 9.53. The van der Waals surface area contributed by atoms with Crippen LogP contribution in [0, 0.1) is 11.8 Å². The third kappa shape index (κ3) is 3.13. The number of carbonyl (C=O) groups is 1. The zero-order valence-corrected chi connectivity index (χ0v) is 20.3. The maximum Gasteiger partial charge on any atom is 0.337 e. The Morgan fingerprint density at radius 3 is 2.79 bits per heavy atom. The molecule has 0 aliphatic carbocycles. The number of phenols is 1. The van der Waals surface area contributed by atoms with Crippen molar-refractivity contribution >= 4 is 11.7 Å². The summed E-state index contributed by atoms with van der Waals surface area (Å²) in [7, 11) is 4.55. The monoisotopic (exact) mass is 474 g/mol. The van der Waals surface area contributed by atoms with Gasteiger partial charge in [0.25, 0.3) is 0 Å². The number of fused-ring (bicyclic) bond motifs is 2. The Kier molecular flexibility index (Phi) is 5.90. The summed E-state index contributed by atoms with van der Waals surface area (Å²) in [6, 6.07) is 3.25. The highest BCUT2D eigenvalue weighted by molar-refractivity contribution is 5.88. The zero-order chi connectivity index (χ0) is 24.1. The molecule has 0 radical (unpaired) electrons. The average Bonchev–Trinajstić information content (AvgIpc) is 3.16. The van der Waals surface area contributed by atoms with Crippen molar-refractivity contribution in [2.45, 2.75) is 43.6 Å². The van der Waals surface area contributed by atoms with Crippen LogP contribution in [0.25, 0.3) is 0 Å². The van der Waals surface area contributed by atoms with E-state index in [1.165, 1.54) is 13.4 Å². The van der Waals surface area contributed by atoms with Gasteiger partial charge < -0.3 is 34.1 Å². The van der Waals surface area contributed by atoms with Crippen molar-refractivity contribution < 1.29 is 33.6 Å². The van der Waals surface area contributed by atoms with Crippen LogP contribution in [-0.2, 0) is 29.3 Å². The largest absolute Gasteiger partial charge is 0.508 e. The first-order valence-electron chi connectivity index (χ1n) is 12.0. The van der Waals surface area contributed by atoms with E-state index in [0.29, 0.717) is 31.0 Å². The maximum atomic E-state index is 12.7. The Morgan fingerprint density at radius 2 is 2.09 bits per heavy atom. The smallest absolute Gasteiger partial charge is 0.337 e. The molecule has 4 aliphatic rings. The molecule has 0 spiro atoms. The summed E-state index contributed by atoms with van der Waals surface area (Å²) in [6.07, 6.45) is 3.85. The molecule has 0 aromatic heterocycles. The van der Waals surface area contributed by atoms with E-state index >= 15 is 0 Å². The van der Waals surface area contributed by atoms with Gasteiger partial charge in [0.05, 0.1) is 63.7 Å². The molecule has 5 atom stereocenters. The number of hydrogen-bond donors (Lipinski definition) is 2. The van der Waals surface area contributed by atoms with Gasteiger partial charge in [0.15, 0.2) is 5.72 Å². The lowest BCUT2D eigenvalue weighted by Gasteiger charge is -2.61. The molecule has 1 aromatic carbocycles. The first-order chi connectivity index (χ1) is 16.4. The molecule has 0 unspecified atom stereocenters. The van der Waals surface area contributed by atoms with Gasteiger partial charge in [-0.1, -0.05) is 13.3 Å². The topological polar surface area (TPSA) is 98.7 Å². The number of benzene rings is 1. The lowest BCUT2D eigenvalue weighted by Crippen LogP contribution is -2.75. The highest BCUT2D eigenvalue weighted by Gasteiger charge is 2.70. The molecule has 2 N–H and O–H groups in total. The van der Waals surface area contributed by atoms with Crippen molar-refractivity contribution in [1.29, 1.82) is 0 Å². The van der Waals surface area contributed by atoms with Crippen LogP contribution in [-0.4, -0.2) is 75.4 Å². The average molecular weight is 475 g/mol. The number of rotatable bonds is 5. The van der Waals surface area contributed by atoms with Gasteiger partial charge in [-0.2, -0.15) is 0 Å². The number of methoxy groups -OCH3 is 3. The summed E-state index contributed by atoms with van der Waals surface area (Å²) in [4.78, 5) is 15.2. The van der Waals surface area contributed by atoms with Crippen molar-refractivity contribution in [3.05, 3.63) is 29.5 Å². The molecule has 0 amide bonds. The molecule has 4 aliphatic heterocycles. The number of nitrogens with zero attached hydrogens (tertiary/aromatic N) is 1. The quantitative estimate of drug-likeness (QED) is 0.379. The second-order valence-electron chi connectivity index (χ2n) is 9.53. The van der Waals surface area contributed by atoms with Gasteiger partial charge in [-0.05, 0) is 24.7 Å². The predicted molar refractivity (Wildman–Crippen MR) is 124 cm³/mol. The molecule has 9 heteroatoms. The highest BCUT2D eigenvalue weighted by atomic mass is 16.6. The molecular weight excluding hydrogens is 440 g/mol. The Labute approximate surface area is 199 Å². The molecule has 9 nitrogen and oxygen atoms in total. The Morgan fingerprint density at radius 1 is 1.29 bits per heavy atom. The lowest BCUT2D eigenvalue weighted by atomic mass is 9.67. The summed E-state index contributed by atoms with van der Waals surface area (Å²) in [5, 5.41) is 14.0. The SMILES string of the molecule is CC[C@@H]1CN2CC[C@@]34OCCO[C@@]3(Nc3cc(O)cc(OC)c34)[C@@H]2C[C@@H]1/C(=C\OC)C(=O)OC. The zero-order valence-electron chi connectivity index (χ0n) is 20.3. The van der Waals surface area contributed by atoms with Gasteiger partial charge in [0, 0.05) is 25.2 Å².